The van der Waals surface area contributed by atoms with Crippen LogP contribution >= 0.6 is 0 Å². The van der Waals surface area contributed by atoms with E-state index in [-0.39, 0.29) is 9.68 Å². The summed E-state index contributed by atoms with van der Waals surface area (Å²) in [7, 11) is 4.29. The highest BCUT2D eigenvalue weighted by molar-refractivity contribution is 6.38. The van der Waals surface area contributed by atoms with E-state index in [4.69, 9.17) is 0 Å². The summed E-state index contributed by atoms with van der Waals surface area (Å²) in [6.07, 6.45) is 5.23. The molecule has 0 radical (unpaired) electrons. The first-order valence-corrected chi connectivity index (χ1v) is 6.48. The Balaban J connectivity index is 3.81. The second-order valence-corrected chi connectivity index (χ2v) is 5.66. The minimum absolute atomic E-state index is 0.0707. The number of hydrogen-bond acceptors (Lipinski definition) is 1. The summed E-state index contributed by atoms with van der Waals surface area (Å²) in [6.45, 7) is 4.53. The Hall–Kier alpha value is -0.0831. The van der Waals surface area contributed by atoms with Crippen LogP contribution in [0.25, 0.3) is 0 Å². The van der Waals surface area contributed by atoms with Gasteiger partial charge in [-0.15, -0.1) is 0 Å². The molecule has 12 heavy (non-hydrogen) atoms. The van der Waals surface area contributed by atoms with Gasteiger partial charge in [-0.25, -0.2) is 0 Å². The Kier molecular flexibility index (Phi) is 7.51. The van der Waals surface area contributed by atoms with E-state index < -0.39 is 0 Å². The molecule has 0 aliphatic rings. The SMILES string of the molecule is CCCC(=C[SiH2]N(C)C)CCC. The fraction of sp³-hybridized carbons (Fsp3) is 0.800. The molecule has 0 heterocycles. The number of hydrogen-bond donors (Lipinski definition) is 0. The van der Waals surface area contributed by atoms with Gasteiger partial charge in [0.15, 0.2) is 0 Å². The third-order valence-electron chi connectivity index (χ3n) is 1.89. The average molecular weight is 185 g/mol. The van der Waals surface area contributed by atoms with Crippen LogP contribution in [-0.2, 0) is 0 Å². The van der Waals surface area contributed by atoms with Gasteiger partial charge in [-0.1, -0.05) is 38.0 Å². The molecule has 1 nitrogen and oxygen atoms in total. The van der Waals surface area contributed by atoms with Crippen molar-refractivity contribution in [1.82, 2.24) is 4.57 Å². The number of nitrogens with zero attached hydrogens (tertiary/aromatic N) is 1. The van der Waals surface area contributed by atoms with Crippen molar-refractivity contribution in [3.63, 3.8) is 0 Å². The molecule has 0 bridgehead atoms. The van der Waals surface area contributed by atoms with Crippen LogP contribution in [0.1, 0.15) is 39.5 Å². The van der Waals surface area contributed by atoms with Crippen molar-refractivity contribution in [2.75, 3.05) is 14.1 Å². The molecule has 0 aromatic carbocycles. The van der Waals surface area contributed by atoms with E-state index in [1.807, 2.05) is 0 Å². The maximum atomic E-state index is 2.52. The molecule has 0 amide bonds. The highest BCUT2D eigenvalue weighted by atomic mass is 28.2. The molecule has 0 aromatic rings. The van der Waals surface area contributed by atoms with Gasteiger partial charge in [-0.2, -0.15) is 0 Å². The van der Waals surface area contributed by atoms with E-state index in [2.05, 4.69) is 38.2 Å². The van der Waals surface area contributed by atoms with E-state index in [1.54, 1.807) is 5.57 Å². The molecule has 2 heteroatoms. The summed E-state index contributed by atoms with van der Waals surface area (Å²) in [5, 5.41) is 0. The molecule has 0 rings (SSSR count). The third kappa shape index (κ3) is 6.62. The lowest BCUT2D eigenvalue weighted by Gasteiger charge is -2.08. The quantitative estimate of drug-likeness (QED) is 0.573. The molecule has 72 valence electrons. The molecular weight excluding hydrogens is 162 g/mol. The van der Waals surface area contributed by atoms with Gasteiger partial charge in [0.1, 0.15) is 9.68 Å². The van der Waals surface area contributed by atoms with E-state index in [0.29, 0.717) is 0 Å². The van der Waals surface area contributed by atoms with Crippen LogP contribution in [0.4, 0.5) is 0 Å². The van der Waals surface area contributed by atoms with Gasteiger partial charge in [0, 0.05) is 0 Å². The maximum absolute atomic E-state index is 2.52. The van der Waals surface area contributed by atoms with Crippen LogP contribution < -0.4 is 0 Å². The first kappa shape index (κ1) is 11.9. The van der Waals surface area contributed by atoms with Crippen LogP contribution in [0.5, 0.6) is 0 Å². The maximum Gasteiger partial charge on any atom is 0.119 e. The van der Waals surface area contributed by atoms with Gasteiger partial charge >= 0.3 is 0 Å². The fourth-order valence-corrected chi connectivity index (χ4v) is 2.31. The van der Waals surface area contributed by atoms with E-state index >= 15 is 0 Å². The minimum atomic E-state index is -0.0707. The van der Waals surface area contributed by atoms with E-state index in [0.717, 1.165) is 0 Å². The summed E-state index contributed by atoms with van der Waals surface area (Å²) in [5.41, 5.74) is 4.22. The molecule has 0 aliphatic heterocycles. The average Bonchev–Trinajstić information content (AvgIpc) is 2.01. The van der Waals surface area contributed by atoms with Gasteiger partial charge < -0.3 is 4.57 Å². The molecule has 0 fully saturated rings. The van der Waals surface area contributed by atoms with Crippen molar-refractivity contribution in [1.29, 1.82) is 0 Å². The molecule has 0 saturated heterocycles. The Bertz CT molecular complexity index is 122. The Morgan fingerprint density at radius 3 is 2.00 bits per heavy atom. The Morgan fingerprint density at radius 1 is 1.17 bits per heavy atom. The molecule has 0 aromatic heterocycles. The molecule has 0 unspecified atom stereocenters. The zero-order valence-corrected chi connectivity index (χ0v) is 10.5. The normalized spacial score (nSPS) is 11.4. The van der Waals surface area contributed by atoms with Gasteiger partial charge in [0.05, 0.1) is 0 Å². The van der Waals surface area contributed by atoms with Gasteiger partial charge in [-0.3, -0.25) is 0 Å². The van der Waals surface area contributed by atoms with Crippen molar-refractivity contribution < 1.29 is 0 Å². The number of rotatable bonds is 6. The molecule has 0 saturated carbocycles. The van der Waals surface area contributed by atoms with Crippen molar-refractivity contribution in [2.45, 2.75) is 39.5 Å². The Morgan fingerprint density at radius 2 is 1.67 bits per heavy atom. The van der Waals surface area contributed by atoms with Gasteiger partial charge in [0.25, 0.3) is 0 Å². The first-order valence-electron chi connectivity index (χ1n) is 5.03. The van der Waals surface area contributed by atoms with E-state index in [9.17, 15) is 0 Å². The summed E-state index contributed by atoms with van der Waals surface area (Å²) in [6, 6.07) is 0. The fourth-order valence-electron chi connectivity index (χ4n) is 1.28. The number of allylic oxidation sites excluding steroid dienone is 1. The van der Waals surface area contributed by atoms with Crippen molar-refractivity contribution >= 4 is 9.68 Å². The molecule has 0 spiro atoms. The summed E-state index contributed by atoms with van der Waals surface area (Å²) >= 11 is 0. The van der Waals surface area contributed by atoms with Crippen LogP contribution in [0.15, 0.2) is 11.3 Å². The molecular formula is C10H23NSi. The second kappa shape index (κ2) is 7.56. The predicted octanol–water partition coefficient (Wildman–Crippen LogP) is 2.12. The predicted molar refractivity (Wildman–Crippen MR) is 60.1 cm³/mol. The summed E-state index contributed by atoms with van der Waals surface area (Å²) in [5.74, 6) is 0. The highest BCUT2D eigenvalue weighted by Crippen LogP contribution is 2.10. The molecule has 0 atom stereocenters. The lowest BCUT2D eigenvalue weighted by atomic mass is 10.1. The molecule has 0 N–H and O–H groups in total. The molecule has 0 aliphatic carbocycles. The topological polar surface area (TPSA) is 3.24 Å². The third-order valence-corrected chi connectivity index (χ3v) is 3.38. The van der Waals surface area contributed by atoms with Crippen molar-refractivity contribution in [3.05, 3.63) is 11.3 Å². The van der Waals surface area contributed by atoms with Crippen LogP contribution in [0, 0.1) is 0 Å². The second-order valence-electron chi connectivity index (χ2n) is 3.62. The lowest BCUT2D eigenvalue weighted by Crippen LogP contribution is -2.15. The van der Waals surface area contributed by atoms with Crippen molar-refractivity contribution in [2.24, 2.45) is 0 Å². The summed E-state index contributed by atoms with van der Waals surface area (Å²) < 4.78 is 2.35. The van der Waals surface area contributed by atoms with E-state index in [1.165, 1.54) is 25.7 Å². The highest BCUT2D eigenvalue weighted by Gasteiger charge is 1.95. The Labute approximate surface area is 79.7 Å². The minimum Gasteiger partial charge on any atom is -0.331 e. The van der Waals surface area contributed by atoms with Gasteiger partial charge in [-0.05, 0) is 26.9 Å². The smallest absolute Gasteiger partial charge is 0.119 e. The zero-order valence-electron chi connectivity index (χ0n) is 9.06. The van der Waals surface area contributed by atoms with Crippen LogP contribution in [-0.4, -0.2) is 28.3 Å². The summed E-state index contributed by atoms with van der Waals surface area (Å²) in [4.78, 5) is 0. The zero-order chi connectivity index (χ0) is 9.40. The standard InChI is InChI=1S/C10H23NSi/c1-5-7-10(8-6-2)9-12-11(3)4/h9H,5-8,12H2,1-4H3. The van der Waals surface area contributed by atoms with Crippen molar-refractivity contribution in [3.8, 4) is 0 Å². The monoisotopic (exact) mass is 185 g/mol. The van der Waals surface area contributed by atoms with Crippen LogP contribution in [0.2, 0.25) is 0 Å². The first-order chi connectivity index (χ1) is 5.70. The van der Waals surface area contributed by atoms with Gasteiger partial charge in [0.2, 0.25) is 0 Å². The van der Waals surface area contributed by atoms with Crippen LogP contribution in [0.3, 0.4) is 0 Å². The lowest BCUT2D eigenvalue weighted by molar-refractivity contribution is 0.667. The largest absolute Gasteiger partial charge is 0.331 e.